The van der Waals surface area contributed by atoms with Gasteiger partial charge in [-0.3, -0.25) is 9.80 Å². The van der Waals surface area contributed by atoms with Crippen molar-refractivity contribution >= 4 is 34.9 Å². The van der Waals surface area contributed by atoms with Gasteiger partial charge in [0, 0.05) is 54.9 Å². The van der Waals surface area contributed by atoms with E-state index in [9.17, 15) is 9.90 Å². The molecule has 1 saturated heterocycles. The quantitative estimate of drug-likeness (QED) is 0.356. The Hall–Kier alpha value is -3.69. The summed E-state index contributed by atoms with van der Waals surface area (Å²) in [5.41, 5.74) is 6.51. The van der Waals surface area contributed by atoms with Crippen LogP contribution in [0.1, 0.15) is 60.8 Å². The smallest absolute Gasteiger partial charge is 0.331 e. The SMILES string of the molecule is Cc1ccc(C)c(N2Cc3cnc(Nc4ccc(N5CCN(C)CC5)cc4)nc3N(C34CC5CC(CC(C5)C3)C4)C2=O)c1CO. The average Bonchev–Trinajstić information content (AvgIpc) is 3.02. The van der Waals surface area contributed by atoms with Crippen LogP contribution < -0.4 is 20.0 Å². The van der Waals surface area contributed by atoms with Gasteiger partial charge in [-0.2, -0.15) is 4.98 Å². The van der Waals surface area contributed by atoms with E-state index >= 15 is 0 Å². The molecule has 2 aliphatic heterocycles. The van der Waals surface area contributed by atoms with Crippen LogP contribution in [-0.2, 0) is 13.2 Å². The summed E-state index contributed by atoms with van der Waals surface area (Å²) in [5, 5.41) is 13.9. The molecule has 0 unspecified atom stereocenters. The zero-order valence-corrected chi connectivity index (χ0v) is 26.8. The number of nitrogens with one attached hydrogen (secondary N) is 1. The second kappa shape index (κ2) is 11.0. The van der Waals surface area contributed by atoms with Crippen molar-refractivity contribution in [3.8, 4) is 0 Å². The van der Waals surface area contributed by atoms with Gasteiger partial charge in [0.1, 0.15) is 5.82 Å². The van der Waals surface area contributed by atoms with Gasteiger partial charge in [-0.25, -0.2) is 9.78 Å². The number of rotatable bonds is 6. The van der Waals surface area contributed by atoms with Crippen molar-refractivity contribution in [2.75, 3.05) is 53.2 Å². The fourth-order valence-corrected chi connectivity index (χ4v) is 9.53. The van der Waals surface area contributed by atoms with Crippen molar-refractivity contribution in [1.29, 1.82) is 0 Å². The van der Waals surface area contributed by atoms with Crippen LogP contribution in [0, 0.1) is 31.6 Å². The number of urea groups is 1. The summed E-state index contributed by atoms with van der Waals surface area (Å²) < 4.78 is 0. The van der Waals surface area contributed by atoms with Crippen molar-refractivity contribution in [3.05, 3.63) is 64.8 Å². The summed E-state index contributed by atoms with van der Waals surface area (Å²) in [6, 6.07) is 12.6. The number of carbonyl (C=O) groups excluding carboxylic acids is 1. The van der Waals surface area contributed by atoms with Crippen LogP contribution in [0.4, 0.5) is 33.6 Å². The molecule has 9 rings (SSSR count). The van der Waals surface area contributed by atoms with Crippen LogP contribution in [0.5, 0.6) is 0 Å². The Balaban J connectivity index is 1.15. The van der Waals surface area contributed by atoms with Gasteiger partial charge >= 0.3 is 6.03 Å². The number of anilines is 5. The van der Waals surface area contributed by atoms with E-state index in [1.54, 1.807) is 0 Å². The number of hydrogen-bond donors (Lipinski definition) is 2. The summed E-state index contributed by atoms with van der Waals surface area (Å²) in [4.78, 5) is 33.6. The molecular formula is C36H45N7O2. The van der Waals surface area contributed by atoms with E-state index in [0.29, 0.717) is 30.2 Å². The molecule has 236 valence electrons. The Labute approximate surface area is 266 Å². The lowest BCUT2D eigenvalue weighted by molar-refractivity contribution is -0.000910. The minimum absolute atomic E-state index is 0.0194. The van der Waals surface area contributed by atoms with Gasteiger partial charge in [-0.15, -0.1) is 0 Å². The highest BCUT2D eigenvalue weighted by Crippen LogP contribution is 2.59. The molecule has 4 bridgehead atoms. The fraction of sp³-hybridized carbons (Fsp3) is 0.528. The summed E-state index contributed by atoms with van der Waals surface area (Å²) >= 11 is 0. The maximum absolute atomic E-state index is 14.9. The Morgan fingerprint density at radius 1 is 0.911 bits per heavy atom. The number of aliphatic hydroxyl groups is 1. The van der Waals surface area contributed by atoms with Crippen molar-refractivity contribution in [2.45, 2.75) is 71.1 Å². The lowest BCUT2D eigenvalue weighted by Crippen LogP contribution is -2.65. The average molecular weight is 608 g/mol. The Kier molecular flexibility index (Phi) is 7.02. The number of fused-ring (bicyclic) bond motifs is 1. The van der Waals surface area contributed by atoms with Gasteiger partial charge in [-0.05, 0) is 113 Å². The Morgan fingerprint density at radius 2 is 1.56 bits per heavy atom. The largest absolute Gasteiger partial charge is 0.392 e. The molecular weight excluding hydrogens is 562 g/mol. The number of piperazine rings is 1. The predicted octanol–water partition coefficient (Wildman–Crippen LogP) is 6.00. The van der Waals surface area contributed by atoms with Crippen LogP contribution >= 0.6 is 0 Å². The standard InChI is InChI=1S/C36H45N7O2/c1-23-4-5-24(2)32(31(23)22-44)42-21-28-20-37-34(38-29-6-8-30(9-7-29)41-12-10-40(3)11-13-41)39-33(28)43(35(42)45)36-17-25-14-26(18-36)16-27(15-25)19-36/h4-9,20,25-27,44H,10-19,21-22H2,1-3H3,(H,37,38,39). The van der Waals surface area contributed by atoms with E-state index in [1.165, 1.54) is 24.9 Å². The molecule has 0 spiro atoms. The minimum atomic E-state index is -0.230. The van der Waals surface area contributed by atoms with E-state index in [4.69, 9.17) is 9.97 Å². The Bertz CT molecular complexity index is 1580. The van der Waals surface area contributed by atoms with Crippen molar-refractivity contribution < 1.29 is 9.90 Å². The van der Waals surface area contributed by atoms with E-state index in [2.05, 4.69) is 57.4 Å². The zero-order valence-electron chi connectivity index (χ0n) is 26.8. The second-order valence-electron chi connectivity index (χ2n) is 14.5. The summed E-state index contributed by atoms with van der Waals surface area (Å²) in [6.07, 6.45) is 8.91. The first kappa shape index (κ1) is 28.8. The molecule has 9 nitrogen and oxygen atoms in total. The first-order valence-electron chi connectivity index (χ1n) is 16.8. The highest BCUT2D eigenvalue weighted by atomic mass is 16.3. The third-order valence-corrected chi connectivity index (χ3v) is 11.4. The Morgan fingerprint density at radius 3 is 2.20 bits per heavy atom. The number of likely N-dealkylation sites (N-methyl/N-ethyl adjacent to an activating group) is 1. The molecule has 2 amide bonds. The number of nitrogens with zero attached hydrogens (tertiary/aromatic N) is 6. The summed E-state index contributed by atoms with van der Waals surface area (Å²) in [7, 11) is 2.17. The topological polar surface area (TPSA) is 88.1 Å². The van der Waals surface area contributed by atoms with Crippen LogP contribution in [0.25, 0.3) is 0 Å². The van der Waals surface area contributed by atoms with Gasteiger partial charge in [-0.1, -0.05) is 12.1 Å². The molecule has 4 aliphatic carbocycles. The van der Waals surface area contributed by atoms with Crippen LogP contribution in [0.15, 0.2) is 42.6 Å². The lowest BCUT2D eigenvalue weighted by Gasteiger charge is -2.61. The molecule has 0 atom stereocenters. The molecule has 1 aromatic heterocycles. The van der Waals surface area contributed by atoms with Crippen molar-refractivity contribution in [2.24, 2.45) is 17.8 Å². The number of amides is 2. The van der Waals surface area contributed by atoms with E-state index in [1.807, 2.05) is 31.0 Å². The van der Waals surface area contributed by atoms with Crippen LogP contribution in [0.3, 0.4) is 0 Å². The zero-order chi connectivity index (χ0) is 30.9. The molecule has 5 fully saturated rings. The van der Waals surface area contributed by atoms with Gasteiger partial charge in [0.25, 0.3) is 0 Å². The number of hydrogen-bond acceptors (Lipinski definition) is 7. The molecule has 3 heterocycles. The number of carbonyl (C=O) groups is 1. The minimum Gasteiger partial charge on any atom is -0.392 e. The first-order valence-corrected chi connectivity index (χ1v) is 16.8. The van der Waals surface area contributed by atoms with E-state index < -0.39 is 0 Å². The van der Waals surface area contributed by atoms with Gasteiger partial charge in [0.2, 0.25) is 5.95 Å². The first-order chi connectivity index (χ1) is 21.8. The monoisotopic (exact) mass is 607 g/mol. The summed E-state index contributed by atoms with van der Waals surface area (Å²) in [6.45, 7) is 8.53. The maximum atomic E-state index is 14.9. The van der Waals surface area contributed by atoms with Crippen LogP contribution in [-0.4, -0.2) is 64.8 Å². The van der Waals surface area contributed by atoms with Crippen molar-refractivity contribution in [1.82, 2.24) is 14.9 Å². The highest BCUT2D eigenvalue weighted by molar-refractivity contribution is 6.07. The third kappa shape index (κ3) is 4.95. The molecule has 2 N–H and O–H groups in total. The third-order valence-electron chi connectivity index (χ3n) is 11.4. The van der Waals surface area contributed by atoms with E-state index in [0.717, 1.165) is 84.9 Å². The lowest BCUT2D eigenvalue weighted by atomic mass is 9.52. The molecule has 0 radical (unpaired) electrons. The fourth-order valence-electron chi connectivity index (χ4n) is 9.53. The molecule has 3 aromatic rings. The number of aryl methyl sites for hydroxylation is 2. The molecule has 2 aromatic carbocycles. The number of aromatic nitrogens is 2. The van der Waals surface area contributed by atoms with Gasteiger partial charge in [0.05, 0.1) is 24.4 Å². The summed E-state index contributed by atoms with van der Waals surface area (Å²) in [5.74, 6) is 3.29. The molecule has 45 heavy (non-hydrogen) atoms. The number of benzene rings is 2. The maximum Gasteiger partial charge on any atom is 0.331 e. The normalized spacial score (nSPS) is 27.7. The molecule has 9 heteroatoms. The molecule has 4 saturated carbocycles. The predicted molar refractivity (Wildman–Crippen MR) is 178 cm³/mol. The molecule has 6 aliphatic rings. The number of aliphatic hydroxyl groups excluding tert-OH is 1. The highest BCUT2D eigenvalue weighted by Gasteiger charge is 2.57. The van der Waals surface area contributed by atoms with Crippen molar-refractivity contribution in [3.63, 3.8) is 0 Å². The van der Waals surface area contributed by atoms with Crippen LogP contribution in [0.2, 0.25) is 0 Å². The van der Waals surface area contributed by atoms with Gasteiger partial charge in [0.15, 0.2) is 0 Å². The van der Waals surface area contributed by atoms with E-state index in [-0.39, 0.29) is 18.2 Å². The van der Waals surface area contributed by atoms with Gasteiger partial charge < -0.3 is 20.2 Å². The second-order valence-corrected chi connectivity index (χ2v) is 14.5.